The van der Waals surface area contributed by atoms with Crippen LogP contribution in [-0.2, 0) is 18.9 Å². The highest BCUT2D eigenvalue weighted by molar-refractivity contribution is 15.0. The summed E-state index contributed by atoms with van der Waals surface area (Å²) in [5.41, 5.74) is 1.32. The molecule has 16 rings (SSSR count). The van der Waals surface area contributed by atoms with Crippen molar-refractivity contribution in [2.45, 2.75) is 499 Å². The van der Waals surface area contributed by atoms with Crippen LogP contribution in [0.4, 0.5) is 0 Å². The van der Waals surface area contributed by atoms with Gasteiger partial charge in [-0.2, -0.15) is 0 Å². The van der Waals surface area contributed by atoms with Gasteiger partial charge in [0.05, 0.1) is 24.4 Å². The number of hydrogen-bond donors (Lipinski definition) is 0. The first-order chi connectivity index (χ1) is 62.2. The Bertz CT molecular complexity index is 2490. The van der Waals surface area contributed by atoms with Gasteiger partial charge in [-0.3, -0.25) is 0 Å². The molecule has 0 radical (unpaired) electrons. The fraction of sp³-hybridized carbons (Fsp3) is 0.802. The minimum absolute atomic E-state index is 0.495. The molecular weight excluding hydrogens is 1770 g/mol. The number of rotatable bonds is 8. The third-order valence-electron chi connectivity index (χ3n) is 31.8. The van der Waals surface area contributed by atoms with Gasteiger partial charge >= 0.3 is 0 Å². The molecule has 0 bridgehead atoms. The molecule has 9 unspecified atom stereocenters. The molecule has 0 aliphatic heterocycles. The van der Waals surface area contributed by atoms with Gasteiger partial charge in [0.2, 0.25) is 0 Å². The molecular formula is C121H212I2O4. The molecule has 12 aliphatic carbocycles. The molecule has 0 spiro atoms. The van der Waals surface area contributed by atoms with Gasteiger partial charge in [0, 0.05) is 65.7 Å². The first-order valence-electron chi connectivity index (χ1n) is 55.4. The van der Waals surface area contributed by atoms with Crippen molar-refractivity contribution >= 4 is 37.2 Å². The molecule has 12 fully saturated rings. The van der Waals surface area contributed by atoms with Gasteiger partial charge in [0.25, 0.3) is 0 Å². The molecule has 0 saturated heterocycles. The van der Waals surface area contributed by atoms with Crippen molar-refractivity contribution in [3.8, 4) is 0 Å². The van der Waals surface area contributed by atoms with Crippen LogP contribution in [0.15, 0.2) is 140 Å². The molecule has 12 aliphatic rings. The van der Waals surface area contributed by atoms with E-state index in [1.807, 2.05) is 170 Å². The van der Waals surface area contributed by atoms with E-state index in [0.29, 0.717) is 24.4 Å². The first kappa shape index (κ1) is 119. The molecule has 0 heterocycles. The molecule has 4 aromatic rings. The van der Waals surface area contributed by atoms with E-state index in [2.05, 4.69) is 112 Å². The maximum Gasteiger partial charge on any atom is 0.0574 e. The summed E-state index contributed by atoms with van der Waals surface area (Å²) >= 11 is 4.24. The van der Waals surface area contributed by atoms with E-state index in [9.17, 15) is 0 Å². The molecule has 0 amide bonds. The Morgan fingerprint density at radius 1 is 0.189 bits per heavy atom. The Kier molecular flexibility index (Phi) is 78.5. The number of hydrogen-bond acceptors (Lipinski definition) is 4. The van der Waals surface area contributed by atoms with Crippen molar-refractivity contribution in [1.29, 1.82) is 0 Å². The summed E-state index contributed by atoms with van der Waals surface area (Å²) in [4.78, 5) is 0. The topological polar surface area (TPSA) is 36.9 Å². The van der Waals surface area contributed by atoms with Crippen LogP contribution in [0.2, 0.25) is 0 Å². The lowest BCUT2D eigenvalue weighted by Crippen LogP contribution is -2.30. The number of aryl methyl sites for hydroxylation is 1. The highest BCUT2D eigenvalue weighted by Crippen LogP contribution is 2.44. The second-order valence-electron chi connectivity index (χ2n) is 42.8. The zero-order valence-corrected chi connectivity index (χ0v) is 90.9. The second kappa shape index (κ2) is 83.5. The molecule has 0 aromatic heterocycles. The molecule has 4 aromatic carbocycles. The Hall–Kier alpha value is -1.82. The van der Waals surface area contributed by atoms with Gasteiger partial charge in [0.15, 0.2) is 0 Å². The van der Waals surface area contributed by atoms with Crippen molar-refractivity contribution in [3.05, 3.63) is 145 Å². The molecule has 4 nitrogen and oxygen atoms in total. The summed E-state index contributed by atoms with van der Waals surface area (Å²) in [6.07, 6.45) is 92.0. The lowest BCUT2D eigenvalue weighted by molar-refractivity contribution is 0.00300. The normalized spacial score (nSPS) is 27.7. The summed E-state index contributed by atoms with van der Waals surface area (Å²) < 4.78 is 22.7. The summed E-state index contributed by atoms with van der Waals surface area (Å²) in [6.45, 7) is 25.5. The molecule has 6 heteroatoms. The lowest BCUT2D eigenvalue weighted by atomic mass is 9.70. The predicted molar refractivity (Wildman–Crippen MR) is 581 cm³/mol. The predicted octanol–water partition coefficient (Wildman–Crippen LogP) is 40.2. The molecule has 127 heavy (non-hydrogen) atoms. The van der Waals surface area contributed by atoms with E-state index in [1.54, 1.807) is 25.7 Å². The van der Waals surface area contributed by atoms with Gasteiger partial charge in [-0.15, -0.1) is 0 Å². The minimum atomic E-state index is 0.495. The fourth-order valence-electron chi connectivity index (χ4n) is 23.7. The molecule has 12 saturated carbocycles. The van der Waals surface area contributed by atoms with Crippen molar-refractivity contribution in [2.75, 3.05) is 28.4 Å². The van der Waals surface area contributed by atoms with Crippen LogP contribution in [0.25, 0.3) is 0 Å². The van der Waals surface area contributed by atoms with Crippen LogP contribution in [0.5, 0.6) is 0 Å². The average Bonchev–Trinajstić information content (AvgIpc) is 0.896. The number of ether oxygens (including phenoxy) is 4. The first-order valence-corrected chi connectivity index (χ1v) is 61.7. The largest absolute Gasteiger partial charge is 0.381 e. The van der Waals surface area contributed by atoms with Gasteiger partial charge < -0.3 is 18.9 Å². The zero-order chi connectivity index (χ0) is 92.1. The van der Waals surface area contributed by atoms with Crippen molar-refractivity contribution in [1.82, 2.24) is 0 Å². The highest BCUT2D eigenvalue weighted by atomic mass is 128. The van der Waals surface area contributed by atoms with E-state index in [-0.39, 0.29) is 0 Å². The van der Waals surface area contributed by atoms with E-state index in [4.69, 9.17) is 18.9 Å². The summed E-state index contributed by atoms with van der Waals surface area (Å²) in [5.74, 6) is 16.0. The van der Waals surface area contributed by atoms with Gasteiger partial charge in [-0.25, -0.2) is 0 Å². The third-order valence-corrected chi connectivity index (χ3v) is 31.8. The van der Waals surface area contributed by atoms with E-state index in [0.717, 1.165) is 94.7 Å². The monoisotopic (exact) mass is 1980 g/mol. The summed E-state index contributed by atoms with van der Waals surface area (Å²) in [7, 11) is 7.55. The second-order valence-corrected chi connectivity index (χ2v) is 42.8. The van der Waals surface area contributed by atoms with E-state index >= 15 is 0 Å². The van der Waals surface area contributed by atoms with Crippen LogP contribution in [0, 0.1) is 102 Å². The Balaban J connectivity index is 0.000000365. The Morgan fingerprint density at radius 2 is 0.370 bits per heavy atom. The van der Waals surface area contributed by atoms with Crippen LogP contribution in [0.3, 0.4) is 0 Å². The van der Waals surface area contributed by atoms with E-state index < -0.39 is 0 Å². The van der Waals surface area contributed by atoms with Crippen molar-refractivity contribution in [2.24, 2.45) is 94.7 Å². The SMILES string of the molecule is CC.CC1CCCC(C)CC(C2CCCCC2)C1.CC1CCCCC(C)C(C2CCCCC2)CCC1.CC1CCCCC1.CC1CCCCC1.CC1CCCCC1.CC1CCCCC1.COC1CCCC(OC)CC(C2CCCCC2)C1.COC1CCCC(OC)CC(C2CCCCC2)C1.Cc1ccccc1.II.c1ccccc1.c1ccccc1.c1ccccc1. The smallest absolute Gasteiger partial charge is 0.0574 e. The maximum absolute atomic E-state index is 5.68. The fourth-order valence-corrected chi connectivity index (χ4v) is 23.7. The van der Waals surface area contributed by atoms with Crippen molar-refractivity contribution < 1.29 is 18.9 Å². The number of benzene rings is 4. The minimum Gasteiger partial charge on any atom is -0.381 e. The summed E-state index contributed by atoms with van der Waals surface area (Å²) in [6, 6.07) is 46.3. The van der Waals surface area contributed by atoms with Gasteiger partial charge in [0.1, 0.15) is 0 Å². The standard InChI is InChI=1S/C18H34.2C16H30O2.C16H30.4C7H14.C7H8.3C6H6.C2H6.I2/c1-15-9-6-7-11-16(2)18(14-8-10-15)17-12-4-3-5-13-17;2*1-17-15-9-6-10-16(18-2)12-14(11-15)13-7-4-3-5-8-13;1-13-7-6-8-14(2)12-16(11-13)15-9-4-3-5-10-15;5*1-7-5-3-2-4-6-7;3*1-2-4-6-5-3-1;2*1-2/h15-18H,3-14H2,1-2H3;2*13-16H,3-12H2,1-2H3;13-16H,3-12H2,1-2H3;4*7H,2-6H2,1H3;2-6H,1H3;3*1-6H;1-2H3;. The summed E-state index contributed by atoms with van der Waals surface area (Å²) in [5, 5.41) is 0. The van der Waals surface area contributed by atoms with Crippen LogP contribution in [0.1, 0.15) is 473 Å². The molecule has 9 atom stereocenters. The highest BCUT2D eigenvalue weighted by Gasteiger charge is 2.34. The molecule has 734 valence electrons. The number of methoxy groups -OCH3 is 4. The van der Waals surface area contributed by atoms with Gasteiger partial charge in [-0.05, 0) is 185 Å². The lowest BCUT2D eigenvalue weighted by Gasteiger charge is -2.36. The van der Waals surface area contributed by atoms with Gasteiger partial charge in [-0.1, -0.05) is 529 Å². The quantitative estimate of drug-likeness (QED) is 0.165. The van der Waals surface area contributed by atoms with Crippen molar-refractivity contribution in [3.63, 3.8) is 0 Å². The van der Waals surface area contributed by atoms with Crippen LogP contribution in [-0.4, -0.2) is 52.9 Å². The number of halogens is 2. The van der Waals surface area contributed by atoms with Crippen LogP contribution >= 0.6 is 37.2 Å². The Morgan fingerprint density at radius 3 is 0.598 bits per heavy atom. The molecule has 0 N–H and O–H groups in total. The van der Waals surface area contributed by atoms with E-state index in [1.165, 1.54) is 378 Å². The third kappa shape index (κ3) is 63.3. The zero-order valence-electron chi connectivity index (χ0n) is 86.6. The van der Waals surface area contributed by atoms with Crippen LogP contribution < -0.4 is 0 Å². The Labute approximate surface area is 816 Å². The maximum atomic E-state index is 5.68. The average molecular weight is 1980 g/mol.